The summed E-state index contributed by atoms with van der Waals surface area (Å²) >= 11 is 1.82. The Morgan fingerprint density at radius 1 is 1.13 bits per heavy atom. The molecule has 30 heavy (non-hydrogen) atoms. The van der Waals surface area contributed by atoms with Crippen molar-refractivity contribution in [1.82, 2.24) is 10.2 Å². The Hall–Kier alpha value is -1.63. The molecule has 2 fully saturated rings. The van der Waals surface area contributed by atoms with E-state index in [1.54, 1.807) is 13.8 Å². The lowest BCUT2D eigenvalue weighted by Crippen LogP contribution is -2.48. The van der Waals surface area contributed by atoms with Gasteiger partial charge in [-0.15, -0.1) is 11.3 Å². The second-order valence-corrected chi connectivity index (χ2v) is 10.4. The van der Waals surface area contributed by atoms with Crippen molar-refractivity contribution < 1.29 is 9.90 Å². The first-order valence-corrected chi connectivity index (χ1v) is 12.2. The number of hydrogen-bond acceptors (Lipinski definition) is 5. The third-order valence-corrected chi connectivity index (χ3v) is 7.66. The highest BCUT2D eigenvalue weighted by Crippen LogP contribution is 2.31. The van der Waals surface area contributed by atoms with Gasteiger partial charge in [-0.3, -0.25) is 9.69 Å². The first-order chi connectivity index (χ1) is 14.4. The maximum atomic E-state index is 12.0. The summed E-state index contributed by atoms with van der Waals surface area (Å²) in [5.41, 5.74) is 0.105. The van der Waals surface area contributed by atoms with Crippen LogP contribution in [0.4, 0.5) is 5.69 Å². The van der Waals surface area contributed by atoms with Gasteiger partial charge in [0.1, 0.15) is 5.60 Å². The van der Waals surface area contributed by atoms with E-state index in [9.17, 15) is 9.90 Å². The molecule has 1 saturated heterocycles. The van der Waals surface area contributed by atoms with E-state index >= 15 is 0 Å². The van der Waals surface area contributed by atoms with E-state index in [0.717, 1.165) is 44.9 Å². The highest BCUT2D eigenvalue weighted by Gasteiger charge is 2.29. The summed E-state index contributed by atoms with van der Waals surface area (Å²) in [4.78, 5) is 17.1. The average molecular weight is 430 g/mol. The standard InChI is InChI=1S/C24H35N3O2S/c1-24(2,29)23(28)25-19-8-6-18(7-9-19)10-12-26-13-15-27(16-14-26)21-4-3-5-22-20(21)11-17-30-22/h3-5,11,17-19,29H,6-10,12-16H2,1-2H3,(H,25,28). The lowest BCUT2D eigenvalue weighted by Gasteiger charge is -2.37. The van der Waals surface area contributed by atoms with Crippen molar-refractivity contribution in [3.63, 3.8) is 0 Å². The van der Waals surface area contributed by atoms with Gasteiger partial charge in [0.05, 0.1) is 0 Å². The van der Waals surface area contributed by atoms with Crippen LogP contribution in [0.5, 0.6) is 0 Å². The topological polar surface area (TPSA) is 55.8 Å². The summed E-state index contributed by atoms with van der Waals surface area (Å²) in [6.07, 6.45) is 5.68. The molecule has 2 aliphatic rings. The zero-order valence-corrected chi connectivity index (χ0v) is 19.1. The highest BCUT2D eigenvalue weighted by atomic mass is 32.1. The van der Waals surface area contributed by atoms with Gasteiger partial charge in [0.2, 0.25) is 0 Å². The summed E-state index contributed by atoms with van der Waals surface area (Å²) < 4.78 is 1.38. The van der Waals surface area contributed by atoms with Crippen LogP contribution in [0.15, 0.2) is 29.6 Å². The molecule has 0 bridgehead atoms. The van der Waals surface area contributed by atoms with Gasteiger partial charge in [-0.1, -0.05) is 6.07 Å². The minimum Gasteiger partial charge on any atom is -0.381 e. The van der Waals surface area contributed by atoms with E-state index in [0.29, 0.717) is 0 Å². The number of hydrogen-bond donors (Lipinski definition) is 2. The fourth-order valence-corrected chi connectivity index (χ4v) is 5.60. The number of fused-ring (bicyclic) bond motifs is 1. The highest BCUT2D eigenvalue weighted by molar-refractivity contribution is 7.17. The Morgan fingerprint density at radius 3 is 2.57 bits per heavy atom. The van der Waals surface area contributed by atoms with Crippen LogP contribution in [0, 0.1) is 5.92 Å². The summed E-state index contributed by atoms with van der Waals surface area (Å²) in [6.45, 7) is 8.76. The van der Waals surface area contributed by atoms with Crippen molar-refractivity contribution in [2.24, 2.45) is 5.92 Å². The molecule has 5 nitrogen and oxygen atoms in total. The number of nitrogens with zero attached hydrogens (tertiary/aromatic N) is 2. The predicted octanol–water partition coefficient (Wildman–Crippen LogP) is 3.86. The number of anilines is 1. The molecule has 2 N–H and O–H groups in total. The summed E-state index contributed by atoms with van der Waals surface area (Å²) in [7, 11) is 0. The van der Waals surface area contributed by atoms with Crippen molar-refractivity contribution in [3.05, 3.63) is 29.6 Å². The van der Waals surface area contributed by atoms with Gasteiger partial charge in [-0.25, -0.2) is 0 Å². The molecule has 1 aromatic heterocycles. The molecule has 0 unspecified atom stereocenters. The monoisotopic (exact) mass is 429 g/mol. The van der Waals surface area contributed by atoms with E-state index in [1.165, 1.54) is 41.6 Å². The van der Waals surface area contributed by atoms with Crippen LogP contribution in [0.1, 0.15) is 46.0 Å². The molecular weight excluding hydrogens is 394 g/mol. The second-order valence-electron chi connectivity index (χ2n) is 9.48. The molecule has 0 spiro atoms. The number of thiophene rings is 1. The first-order valence-electron chi connectivity index (χ1n) is 11.4. The van der Waals surface area contributed by atoms with E-state index in [-0.39, 0.29) is 11.9 Å². The first kappa shape index (κ1) is 21.6. The fraction of sp³-hybridized carbons (Fsp3) is 0.625. The molecule has 6 heteroatoms. The Bertz CT molecular complexity index is 843. The number of rotatable bonds is 6. The smallest absolute Gasteiger partial charge is 0.251 e. The lowest BCUT2D eigenvalue weighted by molar-refractivity contribution is -0.137. The summed E-state index contributed by atoms with van der Waals surface area (Å²) in [5.74, 6) is 0.514. The SMILES string of the molecule is CC(C)(O)C(=O)NC1CCC(CCN2CCN(c3cccc4sccc34)CC2)CC1. The Labute approximate surface area is 184 Å². The van der Waals surface area contributed by atoms with Gasteiger partial charge in [-0.2, -0.15) is 0 Å². The predicted molar refractivity (Wildman–Crippen MR) is 125 cm³/mol. The van der Waals surface area contributed by atoms with Gasteiger partial charge in [0, 0.05) is 48.0 Å². The van der Waals surface area contributed by atoms with Crippen LogP contribution in [0.3, 0.4) is 0 Å². The molecule has 1 aromatic carbocycles. The average Bonchev–Trinajstić information content (AvgIpc) is 3.22. The van der Waals surface area contributed by atoms with Crippen molar-refractivity contribution in [1.29, 1.82) is 0 Å². The number of piperazine rings is 1. The molecule has 0 atom stereocenters. The molecule has 164 valence electrons. The zero-order valence-electron chi connectivity index (χ0n) is 18.3. The molecule has 4 rings (SSSR count). The molecule has 1 saturated carbocycles. The maximum absolute atomic E-state index is 12.0. The molecule has 1 aliphatic carbocycles. The van der Waals surface area contributed by atoms with E-state index in [4.69, 9.17) is 0 Å². The van der Waals surface area contributed by atoms with Crippen LogP contribution in [0.25, 0.3) is 10.1 Å². The van der Waals surface area contributed by atoms with E-state index < -0.39 is 5.60 Å². The Morgan fingerprint density at radius 2 is 1.87 bits per heavy atom. The zero-order chi connectivity index (χ0) is 21.1. The third-order valence-electron chi connectivity index (χ3n) is 6.78. The van der Waals surface area contributed by atoms with Crippen LogP contribution in [0.2, 0.25) is 0 Å². The van der Waals surface area contributed by atoms with E-state index in [1.807, 2.05) is 11.3 Å². The largest absolute Gasteiger partial charge is 0.381 e. The van der Waals surface area contributed by atoms with Crippen LogP contribution < -0.4 is 10.2 Å². The minimum atomic E-state index is -1.28. The maximum Gasteiger partial charge on any atom is 0.251 e. The van der Waals surface area contributed by atoms with Crippen LogP contribution >= 0.6 is 11.3 Å². The molecule has 2 heterocycles. The van der Waals surface area contributed by atoms with Gasteiger partial charge in [-0.05, 0) is 82.0 Å². The van der Waals surface area contributed by atoms with Crippen LogP contribution in [-0.4, -0.2) is 60.3 Å². The molecule has 0 radical (unpaired) electrons. The Kier molecular flexibility index (Phi) is 6.66. The summed E-state index contributed by atoms with van der Waals surface area (Å²) in [6, 6.07) is 9.14. The molecule has 2 aromatic rings. The lowest BCUT2D eigenvalue weighted by atomic mass is 9.83. The quantitative estimate of drug-likeness (QED) is 0.732. The summed E-state index contributed by atoms with van der Waals surface area (Å²) in [5, 5.41) is 16.4. The molecule has 1 aliphatic heterocycles. The third kappa shape index (κ3) is 5.16. The Balaban J connectivity index is 1.18. The van der Waals surface area contributed by atoms with Crippen LogP contribution in [-0.2, 0) is 4.79 Å². The van der Waals surface area contributed by atoms with Gasteiger partial charge >= 0.3 is 0 Å². The van der Waals surface area contributed by atoms with Gasteiger partial charge in [0.25, 0.3) is 5.91 Å². The second kappa shape index (κ2) is 9.25. The number of carbonyl (C=O) groups is 1. The number of carbonyl (C=O) groups excluding carboxylic acids is 1. The number of aliphatic hydroxyl groups is 1. The number of benzene rings is 1. The number of nitrogens with one attached hydrogen (secondary N) is 1. The fourth-order valence-electron chi connectivity index (χ4n) is 4.79. The van der Waals surface area contributed by atoms with E-state index in [2.05, 4.69) is 44.8 Å². The molecule has 1 amide bonds. The minimum absolute atomic E-state index is 0.225. The van der Waals surface area contributed by atoms with Crippen molar-refractivity contribution in [3.8, 4) is 0 Å². The normalized spacial score (nSPS) is 23.6. The number of amides is 1. The van der Waals surface area contributed by atoms with Gasteiger partial charge in [0.15, 0.2) is 0 Å². The molecular formula is C24H35N3O2S. The van der Waals surface area contributed by atoms with Crippen molar-refractivity contribution in [2.75, 3.05) is 37.6 Å². The van der Waals surface area contributed by atoms with Gasteiger partial charge < -0.3 is 15.3 Å². The van der Waals surface area contributed by atoms with Crippen molar-refractivity contribution in [2.45, 2.75) is 57.6 Å². The van der Waals surface area contributed by atoms with Crippen molar-refractivity contribution >= 4 is 33.0 Å².